The molecule has 0 atom stereocenters. The van der Waals surface area contributed by atoms with Gasteiger partial charge in [-0.3, -0.25) is 4.90 Å². The van der Waals surface area contributed by atoms with E-state index >= 15 is 0 Å². The number of aryl methyl sites for hydroxylation is 1. The normalized spacial score (nSPS) is 11.0. The van der Waals surface area contributed by atoms with E-state index < -0.39 is 0 Å². The summed E-state index contributed by atoms with van der Waals surface area (Å²) in [5.41, 5.74) is 3.39. The van der Waals surface area contributed by atoms with Gasteiger partial charge in [-0.2, -0.15) is 0 Å². The van der Waals surface area contributed by atoms with Crippen molar-refractivity contribution >= 4 is 153 Å². The van der Waals surface area contributed by atoms with Crippen LogP contribution in [0.3, 0.4) is 0 Å². The van der Waals surface area contributed by atoms with Gasteiger partial charge in [-0.25, -0.2) is 9.59 Å². The summed E-state index contributed by atoms with van der Waals surface area (Å²) in [7, 11) is 0. The first-order chi connectivity index (χ1) is 17.1. The van der Waals surface area contributed by atoms with Crippen molar-refractivity contribution in [2.75, 3.05) is 26.3 Å². The summed E-state index contributed by atoms with van der Waals surface area (Å²) in [5, 5.41) is 0. The number of quaternary nitrogens is 1. The second kappa shape index (κ2) is 15.1. The topological polar surface area (TPSA) is 57.0 Å². The molecule has 0 unspecified atom stereocenters. The standard InChI is InChI=1S/C25H19I6NO4/c1-14-2-4-17(5-3-14)32(6-8-35-24(33)18-10-15(26)12-20(28)22(18)30)7-9-36-25(34)19-11-16(27)13-21(29)23(19)31/h2-5,10-13H,6-9H2,1H3/p+1. The predicted octanol–water partition coefficient (Wildman–Crippen LogP) is 6.85. The molecule has 36 heavy (non-hydrogen) atoms. The van der Waals surface area contributed by atoms with E-state index in [1.54, 1.807) is 0 Å². The number of rotatable bonds is 9. The average Bonchev–Trinajstić information content (AvgIpc) is 2.83. The smallest absolute Gasteiger partial charge is 0.339 e. The zero-order valence-electron chi connectivity index (χ0n) is 18.8. The van der Waals surface area contributed by atoms with E-state index in [1.807, 2.05) is 31.2 Å². The first-order valence-electron chi connectivity index (χ1n) is 10.6. The molecule has 0 saturated carbocycles. The van der Waals surface area contributed by atoms with Crippen LogP contribution in [0.1, 0.15) is 26.3 Å². The summed E-state index contributed by atoms with van der Waals surface area (Å²) >= 11 is 13.2. The van der Waals surface area contributed by atoms with Gasteiger partial charge in [0, 0.05) is 21.4 Å². The fourth-order valence-corrected chi connectivity index (χ4v) is 8.05. The largest absolute Gasteiger partial charge is 0.456 e. The summed E-state index contributed by atoms with van der Waals surface area (Å²) in [6, 6.07) is 16.0. The van der Waals surface area contributed by atoms with E-state index in [9.17, 15) is 9.59 Å². The highest BCUT2D eigenvalue weighted by Crippen LogP contribution is 2.24. The van der Waals surface area contributed by atoms with Crippen LogP contribution in [0.4, 0.5) is 5.69 Å². The zero-order valence-corrected chi connectivity index (χ0v) is 31.8. The molecule has 0 aliphatic heterocycles. The third kappa shape index (κ3) is 8.98. The van der Waals surface area contributed by atoms with Crippen molar-refractivity contribution in [3.05, 3.63) is 86.6 Å². The average molecular weight is 1160 g/mol. The van der Waals surface area contributed by atoms with Crippen LogP contribution >= 0.6 is 136 Å². The fourth-order valence-electron chi connectivity index (χ4n) is 3.30. The van der Waals surface area contributed by atoms with Gasteiger partial charge in [0.25, 0.3) is 0 Å². The van der Waals surface area contributed by atoms with E-state index in [2.05, 4.69) is 160 Å². The molecule has 0 radical (unpaired) electrons. The molecule has 0 aromatic heterocycles. The van der Waals surface area contributed by atoms with Gasteiger partial charge in [0.05, 0.1) is 11.1 Å². The van der Waals surface area contributed by atoms with Crippen LogP contribution in [-0.2, 0) is 9.47 Å². The van der Waals surface area contributed by atoms with Crippen LogP contribution in [0.5, 0.6) is 0 Å². The quantitative estimate of drug-likeness (QED) is 0.145. The van der Waals surface area contributed by atoms with Gasteiger partial charge in [0.2, 0.25) is 0 Å². The van der Waals surface area contributed by atoms with Crippen LogP contribution in [0, 0.1) is 28.3 Å². The molecule has 0 aliphatic rings. The molecule has 0 bridgehead atoms. The monoisotopic (exact) mass is 1160 g/mol. The predicted molar refractivity (Wildman–Crippen MR) is 191 cm³/mol. The number of hydrogen-bond acceptors (Lipinski definition) is 4. The molecule has 190 valence electrons. The Morgan fingerprint density at radius 3 is 1.53 bits per heavy atom. The van der Waals surface area contributed by atoms with Crippen molar-refractivity contribution in [2.24, 2.45) is 0 Å². The second-order valence-corrected chi connectivity index (χ2v) is 14.7. The lowest BCUT2D eigenvalue weighted by Crippen LogP contribution is -3.08. The van der Waals surface area contributed by atoms with Gasteiger partial charge in [-0.15, -0.1) is 0 Å². The third-order valence-electron chi connectivity index (χ3n) is 5.16. The minimum atomic E-state index is -0.326. The molecular weight excluding hydrogens is 1140 g/mol. The first-order valence-corrected chi connectivity index (χ1v) is 17.1. The highest BCUT2D eigenvalue weighted by Gasteiger charge is 2.20. The molecule has 0 fully saturated rings. The van der Waals surface area contributed by atoms with E-state index in [1.165, 1.54) is 5.56 Å². The lowest BCUT2D eigenvalue weighted by atomic mass is 10.2. The molecule has 0 aliphatic carbocycles. The molecule has 0 heterocycles. The number of halogens is 6. The van der Waals surface area contributed by atoms with Gasteiger partial charge in [-0.1, -0.05) is 17.7 Å². The second-order valence-electron chi connectivity index (χ2n) is 7.74. The van der Waals surface area contributed by atoms with Gasteiger partial charge in [0.1, 0.15) is 32.0 Å². The van der Waals surface area contributed by atoms with Crippen LogP contribution < -0.4 is 4.90 Å². The molecule has 0 amide bonds. The number of esters is 2. The molecule has 11 heteroatoms. The Morgan fingerprint density at radius 2 is 1.11 bits per heavy atom. The first kappa shape index (κ1) is 31.5. The number of benzene rings is 3. The molecular formula is C25H20I6NO4+. The molecule has 1 N–H and O–H groups in total. The van der Waals surface area contributed by atoms with Crippen LogP contribution in [0.25, 0.3) is 0 Å². The molecule has 0 saturated heterocycles. The van der Waals surface area contributed by atoms with Gasteiger partial charge in [0.15, 0.2) is 0 Å². The van der Waals surface area contributed by atoms with E-state index in [-0.39, 0.29) is 25.2 Å². The number of carbonyl (C=O) groups is 2. The Hall–Kier alpha value is 0.940. The van der Waals surface area contributed by atoms with Crippen molar-refractivity contribution in [2.45, 2.75) is 6.92 Å². The number of nitrogens with one attached hydrogen (secondary N) is 1. The lowest BCUT2D eigenvalue weighted by Gasteiger charge is -2.19. The summed E-state index contributed by atoms with van der Waals surface area (Å²) in [5.74, 6) is -0.651. The van der Waals surface area contributed by atoms with Crippen molar-refractivity contribution in [1.82, 2.24) is 0 Å². The molecule has 3 aromatic carbocycles. The van der Waals surface area contributed by atoms with Gasteiger partial charge >= 0.3 is 11.9 Å². The van der Waals surface area contributed by atoms with Gasteiger partial charge in [-0.05, 0) is 179 Å². The molecule has 5 nitrogen and oxygen atoms in total. The van der Waals surface area contributed by atoms with E-state index in [4.69, 9.17) is 9.47 Å². The number of ether oxygens (including phenoxy) is 2. The van der Waals surface area contributed by atoms with Crippen LogP contribution in [0.2, 0.25) is 0 Å². The van der Waals surface area contributed by atoms with Crippen molar-refractivity contribution < 1.29 is 24.0 Å². The SMILES string of the molecule is Cc1ccc([NH+](CCOC(=O)c2cc(I)cc(I)c2I)CCOC(=O)c2cc(I)cc(I)c2I)cc1. The highest BCUT2D eigenvalue weighted by atomic mass is 127. The van der Waals surface area contributed by atoms with Crippen LogP contribution in [-0.4, -0.2) is 38.2 Å². The number of hydrogen-bond donors (Lipinski definition) is 1. The Bertz CT molecular complexity index is 1190. The lowest BCUT2D eigenvalue weighted by molar-refractivity contribution is -0.833. The summed E-state index contributed by atoms with van der Waals surface area (Å²) in [6.07, 6.45) is 0. The number of carbonyl (C=O) groups excluding carboxylic acids is 2. The Balaban J connectivity index is 1.65. The third-order valence-corrected chi connectivity index (χ3v) is 12.5. The van der Waals surface area contributed by atoms with Gasteiger partial charge < -0.3 is 9.47 Å². The van der Waals surface area contributed by atoms with E-state index in [0.717, 1.165) is 32.0 Å². The van der Waals surface area contributed by atoms with Crippen LogP contribution in [0.15, 0.2) is 48.5 Å². The maximum atomic E-state index is 12.8. The minimum Gasteiger partial charge on any atom is -0.456 e. The molecule has 0 spiro atoms. The van der Waals surface area contributed by atoms with Crippen molar-refractivity contribution in [1.29, 1.82) is 0 Å². The zero-order chi connectivity index (χ0) is 26.4. The van der Waals surface area contributed by atoms with Crippen molar-refractivity contribution in [3.8, 4) is 0 Å². The molecule has 3 aromatic rings. The Labute approximate surface area is 292 Å². The fraction of sp³-hybridized carbons (Fsp3) is 0.200. The van der Waals surface area contributed by atoms with E-state index in [0.29, 0.717) is 24.2 Å². The highest BCUT2D eigenvalue weighted by molar-refractivity contribution is 14.1. The summed E-state index contributed by atoms with van der Waals surface area (Å²) < 4.78 is 17.1. The Morgan fingerprint density at radius 1 is 0.694 bits per heavy atom. The Kier molecular flexibility index (Phi) is 13.2. The summed E-state index contributed by atoms with van der Waals surface area (Å²) in [6.45, 7) is 3.66. The maximum absolute atomic E-state index is 12.8. The maximum Gasteiger partial charge on any atom is 0.339 e. The minimum absolute atomic E-state index is 0.251. The summed E-state index contributed by atoms with van der Waals surface area (Å²) in [4.78, 5) is 26.6. The van der Waals surface area contributed by atoms with Crippen molar-refractivity contribution in [3.63, 3.8) is 0 Å². The molecule has 3 rings (SSSR count).